The number of amides is 3. The van der Waals surface area contributed by atoms with Crippen LogP contribution in [0.2, 0.25) is 10.0 Å². The summed E-state index contributed by atoms with van der Waals surface area (Å²) in [4.78, 5) is 45.1. The minimum Gasteiger partial charge on any atom is -0.321 e. The summed E-state index contributed by atoms with van der Waals surface area (Å²) >= 11 is 14.9. The van der Waals surface area contributed by atoms with Gasteiger partial charge in [-0.1, -0.05) is 90.3 Å². The summed E-state index contributed by atoms with van der Waals surface area (Å²) in [5, 5.41) is 11.4. The molecule has 0 radical (unpaired) electrons. The van der Waals surface area contributed by atoms with Gasteiger partial charge in [0.25, 0.3) is 11.8 Å². The van der Waals surface area contributed by atoms with E-state index in [2.05, 4.69) is 20.9 Å². The largest absolute Gasteiger partial charge is 0.321 e. The van der Waals surface area contributed by atoms with Gasteiger partial charge in [0.05, 0.1) is 21.0 Å². The minimum atomic E-state index is -0.482. The van der Waals surface area contributed by atoms with Crippen LogP contribution in [0.3, 0.4) is 0 Å². The maximum Gasteiger partial charge on any atom is 0.272 e. The maximum absolute atomic E-state index is 13.5. The Balaban J connectivity index is 1.27. The van der Waals surface area contributed by atoms with Crippen molar-refractivity contribution in [2.24, 2.45) is 0 Å². The Bertz CT molecular complexity index is 1950. The summed E-state index contributed by atoms with van der Waals surface area (Å²) in [6.07, 6.45) is 2.21. The van der Waals surface area contributed by atoms with Gasteiger partial charge in [-0.3, -0.25) is 14.4 Å². The zero-order valence-electron chi connectivity index (χ0n) is 25.4. The number of hydrogen-bond donors (Lipinski definition) is 3. The van der Waals surface area contributed by atoms with E-state index in [-0.39, 0.29) is 11.6 Å². The standard InChI is InChI=1S/C36H30Cl2N4O3S2/c1-3-32(35(45)42-36-41-31(21-46-36)25-15-16-28(37)29(38)19-25)47-27-14-8-13-26(20-27)39-34(44)30(18-23-10-7-9-22(2)17-23)40-33(43)24-11-5-4-6-12-24/h4-21,32H,3H2,1-2H3,(H,39,44)(H,40,43)(H,41,42,45)/b30-18+. The Morgan fingerprint density at radius 2 is 1.68 bits per heavy atom. The Labute approximate surface area is 291 Å². The summed E-state index contributed by atoms with van der Waals surface area (Å²) < 4.78 is 0. The van der Waals surface area contributed by atoms with E-state index in [1.54, 1.807) is 60.7 Å². The Morgan fingerprint density at radius 3 is 2.43 bits per heavy atom. The summed E-state index contributed by atoms with van der Waals surface area (Å²) in [6.45, 7) is 3.89. The zero-order chi connectivity index (χ0) is 33.3. The number of benzene rings is 4. The van der Waals surface area contributed by atoms with Gasteiger partial charge in [-0.05, 0) is 67.4 Å². The first-order valence-electron chi connectivity index (χ1n) is 14.6. The van der Waals surface area contributed by atoms with Crippen LogP contribution in [0.1, 0.15) is 34.8 Å². The van der Waals surface area contributed by atoms with E-state index in [0.29, 0.717) is 38.5 Å². The van der Waals surface area contributed by atoms with Crippen LogP contribution in [0.25, 0.3) is 17.3 Å². The molecule has 0 aliphatic heterocycles. The highest BCUT2D eigenvalue weighted by Gasteiger charge is 2.21. The van der Waals surface area contributed by atoms with Crippen molar-refractivity contribution >= 4 is 80.9 Å². The third-order valence-corrected chi connectivity index (χ3v) is 9.72. The fraction of sp³-hybridized carbons (Fsp3) is 0.111. The number of thioether (sulfide) groups is 1. The van der Waals surface area contributed by atoms with Gasteiger partial charge in [-0.15, -0.1) is 23.1 Å². The number of carbonyl (C=O) groups excluding carboxylic acids is 3. The second kappa shape index (κ2) is 15.9. The van der Waals surface area contributed by atoms with Gasteiger partial charge in [0.1, 0.15) is 5.70 Å². The van der Waals surface area contributed by atoms with Crippen LogP contribution in [0.5, 0.6) is 0 Å². The smallest absolute Gasteiger partial charge is 0.272 e. The average Bonchev–Trinajstić information content (AvgIpc) is 3.53. The van der Waals surface area contributed by atoms with E-state index in [1.165, 1.54) is 23.1 Å². The van der Waals surface area contributed by atoms with E-state index in [1.807, 2.05) is 61.7 Å². The molecule has 0 saturated heterocycles. The van der Waals surface area contributed by atoms with Gasteiger partial charge in [0.15, 0.2) is 5.13 Å². The number of aromatic nitrogens is 1. The van der Waals surface area contributed by atoms with Crippen molar-refractivity contribution < 1.29 is 14.4 Å². The van der Waals surface area contributed by atoms with Crippen LogP contribution in [-0.2, 0) is 9.59 Å². The van der Waals surface area contributed by atoms with Gasteiger partial charge in [-0.25, -0.2) is 4.98 Å². The number of anilines is 2. The first-order chi connectivity index (χ1) is 22.7. The highest BCUT2D eigenvalue weighted by atomic mass is 35.5. The van der Waals surface area contributed by atoms with Gasteiger partial charge in [0.2, 0.25) is 5.91 Å². The first kappa shape index (κ1) is 33.9. The summed E-state index contributed by atoms with van der Waals surface area (Å²) in [6, 6.07) is 28.8. The molecule has 0 fully saturated rings. The normalized spacial score (nSPS) is 11.9. The van der Waals surface area contributed by atoms with E-state index in [4.69, 9.17) is 23.2 Å². The molecule has 1 unspecified atom stereocenters. The predicted molar refractivity (Wildman–Crippen MR) is 194 cm³/mol. The van der Waals surface area contributed by atoms with Crippen molar-refractivity contribution in [1.82, 2.24) is 10.3 Å². The van der Waals surface area contributed by atoms with Crippen LogP contribution in [-0.4, -0.2) is 28.0 Å². The Morgan fingerprint density at radius 1 is 0.894 bits per heavy atom. The second-order valence-electron chi connectivity index (χ2n) is 10.4. The molecule has 3 amide bonds. The molecule has 5 aromatic rings. The van der Waals surface area contributed by atoms with Crippen molar-refractivity contribution in [3.63, 3.8) is 0 Å². The highest BCUT2D eigenvalue weighted by molar-refractivity contribution is 8.00. The van der Waals surface area contributed by atoms with Crippen LogP contribution < -0.4 is 16.0 Å². The lowest BCUT2D eigenvalue weighted by atomic mass is 10.1. The van der Waals surface area contributed by atoms with Gasteiger partial charge in [0, 0.05) is 27.1 Å². The summed E-state index contributed by atoms with van der Waals surface area (Å²) in [7, 11) is 0. The van der Waals surface area contributed by atoms with Gasteiger partial charge >= 0.3 is 0 Å². The number of halogens is 2. The molecule has 0 saturated carbocycles. The number of carbonyl (C=O) groups is 3. The molecule has 0 aliphatic carbocycles. The minimum absolute atomic E-state index is 0.0945. The molecular formula is C36H30Cl2N4O3S2. The van der Waals surface area contributed by atoms with Crippen molar-refractivity contribution in [2.45, 2.75) is 30.4 Å². The van der Waals surface area contributed by atoms with Gasteiger partial charge in [-0.2, -0.15) is 0 Å². The van der Waals surface area contributed by atoms with Gasteiger partial charge < -0.3 is 16.0 Å². The zero-order valence-corrected chi connectivity index (χ0v) is 28.6. The maximum atomic E-state index is 13.5. The van der Waals surface area contributed by atoms with E-state index in [9.17, 15) is 14.4 Å². The predicted octanol–water partition coefficient (Wildman–Crippen LogP) is 9.34. The van der Waals surface area contributed by atoms with Crippen molar-refractivity contribution in [2.75, 3.05) is 10.6 Å². The quantitative estimate of drug-likeness (QED) is 0.0942. The third-order valence-electron chi connectivity index (χ3n) is 6.87. The number of nitrogens with zero attached hydrogens (tertiary/aromatic N) is 1. The molecule has 4 aromatic carbocycles. The summed E-state index contributed by atoms with van der Waals surface area (Å²) in [5.41, 5.74) is 4.32. The third kappa shape index (κ3) is 9.33. The van der Waals surface area contributed by atoms with Crippen molar-refractivity contribution in [3.05, 3.63) is 135 Å². The van der Waals surface area contributed by atoms with E-state index >= 15 is 0 Å². The lowest BCUT2D eigenvalue weighted by Crippen LogP contribution is -2.30. The van der Waals surface area contributed by atoms with E-state index < -0.39 is 17.1 Å². The van der Waals surface area contributed by atoms with Crippen molar-refractivity contribution in [3.8, 4) is 11.3 Å². The molecule has 7 nitrogen and oxygen atoms in total. The number of nitrogens with one attached hydrogen (secondary N) is 3. The van der Waals surface area contributed by atoms with Crippen LogP contribution in [0.15, 0.2) is 113 Å². The van der Waals surface area contributed by atoms with Crippen LogP contribution in [0, 0.1) is 6.92 Å². The molecule has 47 heavy (non-hydrogen) atoms. The molecule has 1 aromatic heterocycles. The number of thiazole rings is 1. The highest BCUT2D eigenvalue weighted by Crippen LogP contribution is 2.32. The molecule has 0 spiro atoms. The fourth-order valence-electron chi connectivity index (χ4n) is 4.51. The molecule has 3 N–H and O–H groups in total. The van der Waals surface area contributed by atoms with Crippen LogP contribution in [0.4, 0.5) is 10.8 Å². The number of rotatable bonds is 11. The number of hydrogen-bond acceptors (Lipinski definition) is 6. The molecule has 238 valence electrons. The second-order valence-corrected chi connectivity index (χ2v) is 13.4. The molecule has 0 aliphatic rings. The average molecular weight is 702 g/mol. The lowest BCUT2D eigenvalue weighted by molar-refractivity contribution is -0.116. The summed E-state index contributed by atoms with van der Waals surface area (Å²) in [5.74, 6) is -1.07. The Hall–Kier alpha value is -4.41. The molecule has 0 bridgehead atoms. The van der Waals surface area contributed by atoms with Crippen LogP contribution >= 0.6 is 46.3 Å². The molecular weight excluding hydrogens is 671 g/mol. The molecule has 11 heteroatoms. The fourth-order valence-corrected chi connectivity index (χ4v) is 6.54. The first-order valence-corrected chi connectivity index (χ1v) is 17.1. The monoisotopic (exact) mass is 700 g/mol. The van der Waals surface area contributed by atoms with Crippen molar-refractivity contribution in [1.29, 1.82) is 0 Å². The lowest BCUT2D eigenvalue weighted by Gasteiger charge is -2.15. The molecule has 1 heterocycles. The SMILES string of the molecule is CCC(Sc1cccc(NC(=O)/C(=C\c2cccc(C)c2)NC(=O)c2ccccc2)c1)C(=O)Nc1nc(-c2ccc(Cl)c(Cl)c2)cs1. The molecule has 1 atom stereocenters. The topological polar surface area (TPSA) is 100 Å². The molecule has 5 rings (SSSR count). The Kier molecular flexibility index (Phi) is 11.5. The number of aryl methyl sites for hydroxylation is 1. The van der Waals surface area contributed by atoms with E-state index in [0.717, 1.165) is 21.6 Å².